The minimum absolute atomic E-state index is 0.0523. The largest absolute Gasteiger partial charge is 0.398 e. The first kappa shape index (κ1) is 16.3. The van der Waals surface area contributed by atoms with Crippen molar-refractivity contribution < 1.29 is 8.42 Å². The van der Waals surface area contributed by atoms with Crippen LogP contribution in [-0.2, 0) is 10.0 Å². The molecule has 1 saturated heterocycles. The van der Waals surface area contributed by atoms with Crippen molar-refractivity contribution in [3.05, 3.63) is 23.3 Å². The minimum atomic E-state index is -3.55. The third-order valence-electron chi connectivity index (χ3n) is 4.20. The van der Waals surface area contributed by atoms with Crippen molar-refractivity contribution in [1.82, 2.24) is 9.21 Å². The van der Waals surface area contributed by atoms with Gasteiger partial charge in [-0.15, -0.1) is 0 Å². The maximum atomic E-state index is 13.0. The van der Waals surface area contributed by atoms with Crippen molar-refractivity contribution in [2.24, 2.45) is 0 Å². The molecular weight excluding hydrogens is 286 g/mol. The number of nitrogens with two attached hydrogens (primary N) is 1. The smallest absolute Gasteiger partial charge is 0.245 e. The molecule has 1 heterocycles. The summed E-state index contributed by atoms with van der Waals surface area (Å²) in [6.07, 6.45) is 0.838. The molecule has 1 aliphatic heterocycles. The summed E-state index contributed by atoms with van der Waals surface area (Å²) in [6.45, 7) is 8.00. The summed E-state index contributed by atoms with van der Waals surface area (Å²) in [5.41, 5.74) is 8.27. The fourth-order valence-electron chi connectivity index (χ4n) is 2.87. The summed E-state index contributed by atoms with van der Waals surface area (Å²) in [5, 5.41) is 0. The van der Waals surface area contributed by atoms with Crippen LogP contribution in [0.15, 0.2) is 17.0 Å². The molecule has 1 aromatic carbocycles. The van der Waals surface area contributed by atoms with E-state index in [2.05, 4.69) is 4.90 Å². The molecule has 0 aromatic heterocycles. The quantitative estimate of drug-likeness (QED) is 0.843. The SMILES string of the molecule is Cc1cc(N)c(S(=O)(=O)N2CCCN(C)CC2C)cc1C. The Morgan fingerprint density at radius 2 is 1.81 bits per heavy atom. The molecule has 21 heavy (non-hydrogen) atoms. The number of aryl methyl sites for hydroxylation is 2. The zero-order valence-corrected chi connectivity index (χ0v) is 14.1. The van der Waals surface area contributed by atoms with Crippen molar-refractivity contribution in [3.8, 4) is 0 Å². The number of sulfonamides is 1. The number of nitrogen functional groups attached to an aromatic ring is 1. The molecule has 1 atom stereocenters. The van der Waals surface area contributed by atoms with Gasteiger partial charge in [-0.1, -0.05) is 0 Å². The topological polar surface area (TPSA) is 66.6 Å². The maximum Gasteiger partial charge on any atom is 0.245 e. The second kappa shape index (κ2) is 5.94. The Bertz CT molecular complexity index is 628. The summed E-state index contributed by atoms with van der Waals surface area (Å²) in [6, 6.07) is 3.39. The maximum absolute atomic E-state index is 13.0. The summed E-state index contributed by atoms with van der Waals surface area (Å²) in [4.78, 5) is 2.41. The van der Waals surface area contributed by atoms with Crippen molar-refractivity contribution in [2.45, 2.75) is 38.1 Å². The van der Waals surface area contributed by atoms with Gasteiger partial charge in [-0.3, -0.25) is 0 Å². The van der Waals surface area contributed by atoms with E-state index in [0.717, 1.165) is 30.6 Å². The Morgan fingerprint density at radius 3 is 2.48 bits per heavy atom. The van der Waals surface area contributed by atoms with Gasteiger partial charge in [0.05, 0.1) is 5.69 Å². The van der Waals surface area contributed by atoms with Crippen LogP contribution in [0.2, 0.25) is 0 Å². The molecule has 0 amide bonds. The summed E-state index contributed by atoms with van der Waals surface area (Å²) in [7, 11) is -1.52. The van der Waals surface area contributed by atoms with Gasteiger partial charge in [-0.2, -0.15) is 4.31 Å². The van der Waals surface area contributed by atoms with Crippen molar-refractivity contribution in [1.29, 1.82) is 0 Å². The zero-order chi connectivity index (χ0) is 15.8. The second-order valence-corrected chi connectivity index (χ2v) is 7.91. The normalized spacial score (nSPS) is 22.2. The number of hydrogen-bond acceptors (Lipinski definition) is 4. The lowest BCUT2D eigenvalue weighted by Crippen LogP contribution is -2.42. The molecule has 0 aliphatic carbocycles. The van der Waals surface area contributed by atoms with Gasteiger partial charge in [0.2, 0.25) is 10.0 Å². The highest BCUT2D eigenvalue weighted by molar-refractivity contribution is 7.89. The molecular formula is C15H25N3O2S. The van der Waals surface area contributed by atoms with Crippen LogP contribution in [0.1, 0.15) is 24.5 Å². The molecule has 5 nitrogen and oxygen atoms in total. The average molecular weight is 311 g/mol. The minimum Gasteiger partial charge on any atom is -0.398 e. The molecule has 118 valence electrons. The van der Waals surface area contributed by atoms with E-state index in [1.54, 1.807) is 16.4 Å². The van der Waals surface area contributed by atoms with Crippen LogP contribution < -0.4 is 5.73 Å². The Hall–Kier alpha value is -1.11. The monoisotopic (exact) mass is 311 g/mol. The van der Waals surface area contributed by atoms with E-state index in [1.165, 1.54) is 0 Å². The zero-order valence-electron chi connectivity index (χ0n) is 13.3. The fraction of sp³-hybridized carbons (Fsp3) is 0.600. The van der Waals surface area contributed by atoms with E-state index in [4.69, 9.17) is 5.73 Å². The van der Waals surface area contributed by atoms with Gasteiger partial charge in [-0.25, -0.2) is 8.42 Å². The van der Waals surface area contributed by atoms with Crippen molar-refractivity contribution in [3.63, 3.8) is 0 Å². The Kier molecular flexibility index (Phi) is 4.60. The van der Waals surface area contributed by atoms with Crippen molar-refractivity contribution >= 4 is 15.7 Å². The summed E-state index contributed by atoms with van der Waals surface area (Å²) >= 11 is 0. The van der Waals surface area contributed by atoms with Crippen LogP contribution >= 0.6 is 0 Å². The molecule has 1 unspecified atom stereocenters. The van der Waals surface area contributed by atoms with Gasteiger partial charge < -0.3 is 10.6 Å². The van der Waals surface area contributed by atoms with Crippen LogP contribution in [0.3, 0.4) is 0 Å². The van der Waals surface area contributed by atoms with Crippen molar-refractivity contribution in [2.75, 3.05) is 32.4 Å². The summed E-state index contributed by atoms with van der Waals surface area (Å²) in [5.74, 6) is 0. The standard InChI is InChI=1S/C15H25N3O2S/c1-11-8-14(16)15(9-12(11)2)21(19,20)18-7-5-6-17(4)10-13(18)3/h8-9,13H,5-7,10,16H2,1-4H3. The fourth-order valence-corrected chi connectivity index (χ4v) is 4.71. The van der Waals surface area contributed by atoms with E-state index in [-0.39, 0.29) is 10.9 Å². The van der Waals surface area contributed by atoms with Gasteiger partial charge in [0.1, 0.15) is 4.90 Å². The van der Waals surface area contributed by atoms with E-state index < -0.39 is 10.0 Å². The van der Waals surface area contributed by atoms with Crippen LogP contribution in [0.25, 0.3) is 0 Å². The van der Waals surface area contributed by atoms with Gasteiger partial charge in [-0.05, 0) is 64.0 Å². The number of nitrogens with zero attached hydrogens (tertiary/aromatic N) is 2. The molecule has 2 N–H and O–H groups in total. The Balaban J connectivity index is 2.44. The van der Waals surface area contributed by atoms with Gasteiger partial charge in [0.15, 0.2) is 0 Å². The van der Waals surface area contributed by atoms with Gasteiger partial charge in [0.25, 0.3) is 0 Å². The molecule has 2 rings (SSSR count). The second-order valence-electron chi connectivity index (χ2n) is 6.05. The highest BCUT2D eigenvalue weighted by Gasteiger charge is 2.32. The first-order valence-corrected chi connectivity index (χ1v) is 8.74. The lowest BCUT2D eigenvalue weighted by atomic mass is 10.1. The van der Waals surface area contributed by atoms with Crippen LogP contribution in [-0.4, -0.2) is 50.3 Å². The number of anilines is 1. The Morgan fingerprint density at radius 1 is 1.19 bits per heavy atom. The van der Waals surface area contributed by atoms with E-state index in [1.807, 2.05) is 27.8 Å². The number of benzene rings is 1. The third kappa shape index (κ3) is 3.22. The number of rotatable bonds is 2. The lowest BCUT2D eigenvalue weighted by molar-refractivity contribution is 0.290. The molecule has 0 bridgehead atoms. The summed E-state index contributed by atoms with van der Waals surface area (Å²) < 4.78 is 27.5. The third-order valence-corrected chi connectivity index (χ3v) is 6.27. The van der Waals surface area contributed by atoms with E-state index in [9.17, 15) is 8.42 Å². The Labute approximate surface area is 127 Å². The highest BCUT2D eigenvalue weighted by Crippen LogP contribution is 2.28. The number of likely N-dealkylation sites (N-methyl/N-ethyl adjacent to an activating group) is 1. The highest BCUT2D eigenvalue weighted by atomic mass is 32.2. The predicted molar refractivity (Wildman–Crippen MR) is 85.8 cm³/mol. The van der Waals surface area contributed by atoms with E-state index >= 15 is 0 Å². The van der Waals surface area contributed by atoms with Crippen LogP contribution in [0, 0.1) is 13.8 Å². The predicted octanol–water partition coefficient (Wildman–Crippen LogP) is 1.60. The molecule has 1 aliphatic rings. The van der Waals surface area contributed by atoms with Crippen LogP contribution in [0.5, 0.6) is 0 Å². The molecule has 1 fully saturated rings. The first-order chi connectivity index (χ1) is 9.73. The molecule has 0 radical (unpaired) electrons. The van der Waals surface area contributed by atoms with Crippen LogP contribution in [0.4, 0.5) is 5.69 Å². The van der Waals surface area contributed by atoms with Gasteiger partial charge >= 0.3 is 0 Å². The van der Waals surface area contributed by atoms with Gasteiger partial charge in [0, 0.05) is 19.1 Å². The average Bonchev–Trinajstić information content (AvgIpc) is 2.54. The molecule has 0 saturated carbocycles. The number of hydrogen-bond donors (Lipinski definition) is 1. The lowest BCUT2D eigenvalue weighted by Gasteiger charge is -2.28. The first-order valence-electron chi connectivity index (χ1n) is 7.30. The molecule has 0 spiro atoms. The molecule has 6 heteroatoms. The van der Waals surface area contributed by atoms with E-state index in [0.29, 0.717) is 12.2 Å². The molecule has 1 aromatic rings.